The molecule has 4 rings (SSSR count). The number of amides is 1. The predicted molar refractivity (Wildman–Crippen MR) is 119 cm³/mol. The number of aromatic amines is 1. The van der Waals surface area contributed by atoms with Crippen molar-refractivity contribution in [1.82, 2.24) is 10.3 Å². The smallest absolute Gasteiger partial charge is 0.407 e. The number of carbonyl (C=O) groups excluding carboxylic acids is 2. The van der Waals surface area contributed by atoms with E-state index in [0.717, 1.165) is 5.56 Å². The second-order valence-electron chi connectivity index (χ2n) is 7.28. The summed E-state index contributed by atoms with van der Waals surface area (Å²) in [6.45, 7) is 0.761. The molecular formula is C25H24N2O4. The third kappa shape index (κ3) is 4.53. The molecule has 0 saturated carbocycles. The van der Waals surface area contributed by atoms with Crippen molar-refractivity contribution in [3.8, 4) is 11.1 Å². The zero-order valence-electron chi connectivity index (χ0n) is 17.3. The van der Waals surface area contributed by atoms with Crippen LogP contribution in [0.1, 0.15) is 39.5 Å². The standard InChI is InChI=1S/C25H24N2O4/c1-30-24(28)23-14-17(15-27-23)8-6-7-13-26-25(29)31-16-22-20-11-4-2-9-18(20)19-10-3-5-12-21(19)22/h2-6,8-12,14-15,22,27H,7,13,16H2,1H3,(H,26,29). The lowest BCUT2D eigenvalue weighted by molar-refractivity contribution is 0.0594. The fraction of sp³-hybridized carbons (Fsp3) is 0.200. The Morgan fingerprint density at radius 1 is 1.06 bits per heavy atom. The molecule has 2 N–H and O–H groups in total. The number of hydrogen-bond donors (Lipinski definition) is 2. The minimum absolute atomic E-state index is 0.0515. The van der Waals surface area contributed by atoms with Gasteiger partial charge >= 0.3 is 12.1 Å². The lowest BCUT2D eigenvalue weighted by Crippen LogP contribution is -2.26. The van der Waals surface area contributed by atoms with Crippen LogP contribution in [-0.4, -0.2) is 37.3 Å². The molecule has 0 aliphatic heterocycles. The molecule has 1 aliphatic carbocycles. The van der Waals surface area contributed by atoms with Gasteiger partial charge in [0.2, 0.25) is 0 Å². The van der Waals surface area contributed by atoms with Crippen LogP contribution < -0.4 is 5.32 Å². The summed E-state index contributed by atoms with van der Waals surface area (Å²) < 4.78 is 10.2. The molecule has 0 saturated heterocycles. The van der Waals surface area contributed by atoms with Crippen LogP contribution in [0.15, 0.2) is 66.9 Å². The third-order valence-electron chi connectivity index (χ3n) is 5.34. The molecule has 3 aromatic rings. The quantitative estimate of drug-likeness (QED) is 0.431. The fourth-order valence-corrected chi connectivity index (χ4v) is 3.86. The summed E-state index contributed by atoms with van der Waals surface area (Å²) in [6, 6.07) is 18.2. The van der Waals surface area contributed by atoms with Crippen LogP contribution in [0.2, 0.25) is 0 Å². The van der Waals surface area contributed by atoms with Gasteiger partial charge in [0, 0.05) is 18.7 Å². The van der Waals surface area contributed by atoms with Gasteiger partial charge < -0.3 is 19.8 Å². The maximum Gasteiger partial charge on any atom is 0.407 e. The number of carbonyl (C=O) groups is 2. The Morgan fingerprint density at radius 3 is 2.42 bits per heavy atom. The second-order valence-corrected chi connectivity index (χ2v) is 7.28. The van der Waals surface area contributed by atoms with Crippen molar-refractivity contribution >= 4 is 18.1 Å². The summed E-state index contributed by atoms with van der Waals surface area (Å²) in [5.41, 5.74) is 6.06. The highest BCUT2D eigenvalue weighted by Crippen LogP contribution is 2.44. The van der Waals surface area contributed by atoms with Crippen LogP contribution in [0.5, 0.6) is 0 Å². The third-order valence-corrected chi connectivity index (χ3v) is 5.34. The number of esters is 1. The van der Waals surface area contributed by atoms with E-state index in [1.807, 2.05) is 36.4 Å². The summed E-state index contributed by atoms with van der Waals surface area (Å²) in [6.07, 6.45) is 5.74. The number of hydrogen-bond acceptors (Lipinski definition) is 4. The zero-order chi connectivity index (χ0) is 21.6. The number of alkyl carbamates (subject to hydrolysis) is 1. The number of rotatable bonds is 7. The van der Waals surface area contributed by atoms with Crippen molar-refractivity contribution in [2.45, 2.75) is 12.3 Å². The van der Waals surface area contributed by atoms with Crippen molar-refractivity contribution < 1.29 is 19.1 Å². The predicted octanol–water partition coefficient (Wildman–Crippen LogP) is 4.74. The Hall–Kier alpha value is -3.80. The van der Waals surface area contributed by atoms with E-state index in [-0.39, 0.29) is 5.92 Å². The Kier molecular flexibility index (Phi) is 6.17. The van der Waals surface area contributed by atoms with Crippen LogP contribution in [-0.2, 0) is 9.47 Å². The van der Waals surface area contributed by atoms with E-state index in [1.54, 1.807) is 12.3 Å². The summed E-state index contributed by atoms with van der Waals surface area (Å²) in [4.78, 5) is 26.4. The Morgan fingerprint density at radius 2 is 1.74 bits per heavy atom. The number of benzene rings is 2. The average Bonchev–Trinajstić information content (AvgIpc) is 3.40. The van der Waals surface area contributed by atoms with Gasteiger partial charge in [0.05, 0.1) is 7.11 Å². The minimum Gasteiger partial charge on any atom is -0.464 e. The van der Waals surface area contributed by atoms with Gasteiger partial charge in [0.15, 0.2) is 0 Å². The topological polar surface area (TPSA) is 80.4 Å². The van der Waals surface area contributed by atoms with Gasteiger partial charge in [-0.3, -0.25) is 0 Å². The Balaban J connectivity index is 1.25. The largest absolute Gasteiger partial charge is 0.464 e. The zero-order valence-corrected chi connectivity index (χ0v) is 17.3. The number of nitrogens with one attached hydrogen (secondary N) is 2. The first-order valence-electron chi connectivity index (χ1n) is 10.2. The van der Waals surface area contributed by atoms with Crippen molar-refractivity contribution in [1.29, 1.82) is 0 Å². The van der Waals surface area contributed by atoms with Gasteiger partial charge in [0.1, 0.15) is 12.3 Å². The highest BCUT2D eigenvalue weighted by molar-refractivity contribution is 5.88. The molecule has 0 atom stereocenters. The molecular weight excluding hydrogens is 392 g/mol. The SMILES string of the molecule is COC(=O)c1cc(C=CCCNC(=O)OCC2c3ccccc3-c3ccccc32)c[nH]1. The van der Waals surface area contributed by atoms with Crippen molar-refractivity contribution in [2.24, 2.45) is 0 Å². The van der Waals surface area contributed by atoms with E-state index in [1.165, 1.54) is 29.4 Å². The molecule has 0 bridgehead atoms. The molecule has 0 fully saturated rings. The van der Waals surface area contributed by atoms with E-state index in [4.69, 9.17) is 4.74 Å². The van der Waals surface area contributed by atoms with Crippen molar-refractivity contribution in [3.05, 3.63) is 89.3 Å². The molecule has 0 radical (unpaired) electrons. The van der Waals surface area contributed by atoms with Gasteiger partial charge in [-0.05, 0) is 40.3 Å². The Bertz CT molecular complexity index is 1070. The second kappa shape index (κ2) is 9.34. The van der Waals surface area contributed by atoms with E-state index >= 15 is 0 Å². The lowest BCUT2D eigenvalue weighted by atomic mass is 9.98. The first-order chi connectivity index (χ1) is 15.2. The van der Waals surface area contributed by atoms with Crippen LogP contribution in [0.4, 0.5) is 4.79 Å². The molecule has 31 heavy (non-hydrogen) atoms. The molecule has 6 nitrogen and oxygen atoms in total. The first kappa shape index (κ1) is 20.5. The van der Waals surface area contributed by atoms with Crippen LogP contribution in [0, 0.1) is 0 Å². The number of ether oxygens (including phenoxy) is 2. The van der Waals surface area contributed by atoms with Gasteiger partial charge in [-0.1, -0.05) is 60.7 Å². The molecule has 158 valence electrons. The number of fused-ring (bicyclic) bond motifs is 3. The maximum atomic E-state index is 12.2. The van der Waals surface area contributed by atoms with Gasteiger partial charge in [0.25, 0.3) is 0 Å². The molecule has 1 heterocycles. The first-order valence-corrected chi connectivity index (χ1v) is 10.2. The average molecular weight is 416 g/mol. The van der Waals surface area contributed by atoms with Crippen LogP contribution >= 0.6 is 0 Å². The monoisotopic (exact) mass is 416 g/mol. The minimum atomic E-state index is -0.426. The van der Waals surface area contributed by atoms with E-state index in [9.17, 15) is 9.59 Å². The van der Waals surface area contributed by atoms with E-state index in [2.05, 4.69) is 39.3 Å². The summed E-state index contributed by atoms with van der Waals surface area (Å²) in [7, 11) is 1.34. The fourth-order valence-electron chi connectivity index (χ4n) is 3.86. The van der Waals surface area contributed by atoms with Gasteiger partial charge in [-0.15, -0.1) is 0 Å². The Labute approximate surface area is 180 Å². The molecule has 0 unspecified atom stereocenters. The summed E-state index contributed by atoms with van der Waals surface area (Å²) in [5, 5.41) is 2.78. The van der Waals surface area contributed by atoms with Crippen LogP contribution in [0.3, 0.4) is 0 Å². The molecule has 2 aromatic carbocycles. The van der Waals surface area contributed by atoms with E-state index in [0.29, 0.717) is 25.3 Å². The van der Waals surface area contributed by atoms with Crippen molar-refractivity contribution in [3.63, 3.8) is 0 Å². The summed E-state index contributed by atoms with van der Waals surface area (Å²) >= 11 is 0. The molecule has 1 amide bonds. The lowest BCUT2D eigenvalue weighted by Gasteiger charge is -2.14. The van der Waals surface area contributed by atoms with Gasteiger partial charge in [-0.25, -0.2) is 9.59 Å². The van der Waals surface area contributed by atoms with Crippen molar-refractivity contribution in [2.75, 3.05) is 20.3 Å². The summed E-state index contributed by atoms with van der Waals surface area (Å²) in [5.74, 6) is -0.354. The number of methoxy groups -OCH3 is 1. The molecule has 0 spiro atoms. The van der Waals surface area contributed by atoms with Crippen LogP contribution in [0.25, 0.3) is 17.2 Å². The highest BCUT2D eigenvalue weighted by Gasteiger charge is 2.28. The maximum absolute atomic E-state index is 12.2. The molecule has 1 aromatic heterocycles. The van der Waals surface area contributed by atoms with Gasteiger partial charge in [-0.2, -0.15) is 0 Å². The number of aromatic nitrogens is 1. The molecule has 1 aliphatic rings. The normalized spacial score (nSPS) is 12.4. The number of H-pyrrole nitrogens is 1. The highest BCUT2D eigenvalue weighted by atomic mass is 16.5. The van der Waals surface area contributed by atoms with E-state index < -0.39 is 12.1 Å². The molecule has 6 heteroatoms.